The number of nitrogens with zero attached hydrogens (tertiary/aromatic N) is 2. The molecule has 2 aliphatic heterocycles. The van der Waals surface area contributed by atoms with Gasteiger partial charge in [-0.3, -0.25) is 4.99 Å². The summed E-state index contributed by atoms with van der Waals surface area (Å²) in [6.45, 7) is 0.298. The minimum absolute atomic E-state index is 0.0292. The molecule has 0 aliphatic carbocycles. The molecule has 2 heterocycles. The Morgan fingerprint density at radius 2 is 2.11 bits per heavy atom. The zero-order valence-electron chi connectivity index (χ0n) is 10.2. The summed E-state index contributed by atoms with van der Waals surface area (Å²) in [5.41, 5.74) is 5.41. The predicted molar refractivity (Wildman–Crippen MR) is 71.4 cm³/mol. The number of aliphatic imine (C=N–C) groups is 1. The summed E-state index contributed by atoms with van der Waals surface area (Å²) in [5, 5.41) is 0. The molecule has 0 amide bonds. The third-order valence-corrected chi connectivity index (χ3v) is 5.50. The van der Waals surface area contributed by atoms with Crippen LogP contribution in [0.25, 0.3) is 0 Å². The minimum atomic E-state index is -3.11. The lowest BCUT2D eigenvalue weighted by molar-refractivity contribution is 0.504. The van der Waals surface area contributed by atoms with Crippen LogP contribution in [-0.4, -0.2) is 38.0 Å². The van der Waals surface area contributed by atoms with Crippen LogP contribution < -0.4 is 10.6 Å². The number of para-hydroxylation sites is 1. The lowest BCUT2D eigenvalue weighted by atomic mass is 9.97. The fraction of sp³-hybridized carbons (Fsp3) is 0.417. The Kier molecular flexibility index (Phi) is 2.57. The molecule has 5 nitrogen and oxygen atoms in total. The number of sulfone groups is 1. The van der Waals surface area contributed by atoms with E-state index >= 15 is 0 Å². The molecule has 1 unspecified atom stereocenters. The third-order valence-electron chi connectivity index (χ3n) is 3.70. The average molecular weight is 283 g/mol. The van der Waals surface area contributed by atoms with Crippen LogP contribution in [0.1, 0.15) is 6.42 Å². The molecule has 1 atom stereocenters. The fourth-order valence-corrected chi connectivity index (χ4v) is 4.84. The third kappa shape index (κ3) is 1.88. The maximum Gasteiger partial charge on any atom is 0.196 e. The van der Waals surface area contributed by atoms with Crippen LogP contribution in [0.3, 0.4) is 0 Å². The lowest BCUT2D eigenvalue weighted by Crippen LogP contribution is -2.53. The Bertz CT molecular complexity index is 659. The standard InChI is InChI=1S/C12H14FN3O2S/c13-9-3-1-2-4-10(9)16-11(14)15-7-12(16)5-6-19(17,18)8-12/h1-4H,5-8H2,(H2,14,15). The molecular weight excluding hydrogens is 269 g/mol. The van der Waals surface area contributed by atoms with E-state index in [9.17, 15) is 12.8 Å². The van der Waals surface area contributed by atoms with E-state index in [1.54, 1.807) is 23.1 Å². The van der Waals surface area contributed by atoms with Gasteiger partial charge in [-0.1, -0.05) is 12.1 Å². The molecule has 102 valence electrons. The quantitative estimate of drug-likeness (QED) is 0.815. The zero-order valence-corrected chi connectivity index (χ0v) is 11.0. The Morgan fingerprint density at radius 1 is 1.37 bits per heavy atom. The summed E-state index contributed by atoms with van der Waals surface area (Å²) in [6.07, 6.45) is 0.424. The number of guanidine groups is 1. The molecule has 0 bridgehead atoms. The Labute approximate surface area is 110 Å². The topological polar surface area (TPSA) is 75.8 Å². The maximum atomic E-state index is 13.9. The van der Waals surface area contributed by atoms with Gasteiger partial charge in [0, 0.05) is 0 Å². The van der Waals surface area contributed by atoms with Gasteiger partial charge < -0.3 is 10.6 Å². The number of hydrogen-bond acceptors (Lipinski definition) is 5. The van der Waals surface area contributed by atoms with E-state index in [1.165, 1.54) is 6.07 Å². The number of anilines is 1. The van der Waals surface area contributed by atoms with Gasteiger partial charge in [0.15, 0.2) is 15.8 Å². The molecule has 19 heavy (non-hydrogen) atoms. The van der Waals surface area contributed by atoms with E-state index in [0.717, 1.165) is 0 Å². The van der Waals surface area contributed by atoms with Crippen LogP contribution in [0.2, 0.25) is 0 Å². The highest BCUT2D eigenvalue weighted by Crippen LogP contribution is 2.38. The summed E-state index contributed by atoms with van der Waals surface area (Å²) < 4.78 is 37.4. The second kappa shape index (κ2) is 3.93. The van der Waals surface area contributed by atoms with Crippen LogP contribution in [0.4, 0.5) is 10.1 Å². The maximum absolute atomic E-state index is 13.9. The van der Waals surface area contributed by atoms with Gasteiger partial charge in [-0.05, 0) is 18.6 Å². The molecule has 0 aromatic heterocycles. The SMILES string of the molecule is NC1=NCC2(CCS(=O)(=O)C2)N1c1ccccc1F. The number of benzene rings is 1. The monoisotopic (exact) mass is 283 g/mol. The molecule has 0 radical (unpaired) electrons. The predicted octanol–water partition coefficient (Wildman–Crippen LogP) is 0.518. The van der Waals surface area contributed by atoms with E-state index in [4.69, 9.17) is 5.73 Å². The molecule has 0 saturated carbocycles. The van der Waals surface area contributed by atoms with Gasteiger partial charge in [-0.2, -0.15) is 0 Å². The van der Waals surface area contributed by atoms with Crippen LogP contribution in [0.15, 0.2) is 29.3 Å². The largest absolute Gasteiger partial charge is 0.369 e. The van der Waals surface area contributed by atoms with E-state index in [2.05, 4.69) is 4.99 Å². The van der Waals surface area contributed by atoms with Crippen molar-refractivity contribution in [1.82, 2.24) is 0 Å². The van der Waals surface area contributed by atoms with Gasteiger partial charge in [-0.15, -0.1) is 0 Å². The highest BCUT2D eigenvalue weighted by Gasteiger charge is 2.51. The summed E-state index contributed by atoms with van der Waals surface area (Å²) in [7, 11) is -3.11. The molecule has 7 heteroatoms. The Morgan fingerprint density at radius 3 is 2.74 bits per heavy atom. The van der Waals surface area contributed by atoms with E-state index in [1.807, 2.05) is 0 Å². The van der Waals surface area contributed by atoms with Crippen molar-refractivity contribution in [3.63, 3.8) is 0 Å². The van der Waals surface area contributed by atoms with Crippen molar-refractivity contribution < 1.29 is 12.8 Å². The highest BCUT2D eigenvalue weighted by atomic mass is 32.2. The summed E-state index contributed by atoms with van der Waals surface area (Å²) in [6, 6.07) is 6.20. The van der Waals surface area contributed by atoms with Crippen LogP contribution >= 0.6 is 0 Å². The van der Waals surface area contributed by atoms with Crippen molar-refractivity contribution in [2.75, 3.05) is 23.0 Å². The van der Waals surface area contributed by atoms with Crippen LogP contribution in [-0.2, 0) is 9.84 Å². The molecule has 2 N–H and O–H groups in total. The molecule has 1 saturated heterocycles. The van der Waals surface area contributed by atoms with Crippen LogP contribution in [0.5, 0.6) is 0 Å². The van der Waals surface area contributed by atoms with Gasteiger partial charge in [0.2, 0.25) is 0 Å². The smallest absolute Gasteiger partial charge is 0.196 e. The van der Waals surface area contributed by atoms with Crippen molar-refractivity contribution in [3.8, 4) is 0 Å². The average Bonchev–Trinajstić information content (AvgIpc) is 2.82. The molecular formula is C12H14FN3O2S. The van der Waals surface area contributed by atoms with Gasteiger partial charge in [-0.25, -0.2) is 12.8 Å². The van der Waals surface area contributed by atoms with Gasteiger partial charge in [0.25, 0.3) is 0 Å². The summed E-state index contributed by atoms with van der Waals surface area (Å²) in [5.74, 6) is -0.173. The molecule has 1 fully saturated rings. The molecule has 2 aliphatic rings. The first kappa shape index (κ1) is 12.4. The van der Waals surface area contributed by atoms with E-state index < -0.39 is 21.2 Å². The normalized spacial score (nSPS) is 28.9. The van der Waals surface area contributed by atoms with Crippen molar-refractivity contribution in [3.05, 3.63) is 30.1 Å². The van der Waals surface area contributed by atoms with E-state index in [-0.39, 0.29) is 17.5 Å². The second-order valence-electron chi connectivity index (χ2n) is 5.03. The fourth-order valence-electron chi connectivity index (χ4n) is 2.82. The Hall–Kier alpha value is -1.63. The zero-order chi connectivity index (χ0) is 13.7. The van der Waals surface area contributed by atoms with Crippen molar-refractivity contribution in [2.24, 2.45) is 10.7 Å². The van der Waals surface area contributed by atoms with Crippen molar-refractivity contribution in [2.45, 2.75) is 12.0 Å². The lowest BCUT2D eigenvalue weighted by Gasteiger charge is -2.35. The highest BCUT2D eigenvalue weighted by molar-refractivity contribution is 7.91. The van der Waals surface area contributed by atoms with Gasteiger partial charge in [0.05, 0.1) is 29.3 Å². The first-order valence-corrected chi connectivity index (χ1v) is 7.81. The van der Waals surface area contributed by atoms with Crippen molar-refractivity contribution in [1.29, 1.82) is 0 Å². The van der Waals surface area contributed by atoms with Crippen molar-refractivity contribution >= 4 is 21.5 Å². The number of rotatable bonds is 1. The Balaban J connectivity index is 2.08. The molecule has 1 aromatic carbocycles. The number of nitrogens with two attached hydrogens (primary N) is 1. The summed E-state index contributed by atoms with van der Waals surface area (Å²) in [4.78, 5) is 5.67. The molecule has 1 spiro atoms. The number of halogens is 1. The van der Waals surface area contributed by atoms with Gasteiger partial charge in [0.1, 0.15) is 5.82 Å². The van der Waals surface area contributed by atoms with E-state index in [0.29, 0.717) is 18.7 Å². The first-order valence-electron chi connectivity index (χ1n) is 5.99. The minimum Gasteiger partial charge on any atom is -0.369 e. The summed E-state index contributed by atoms with van der Waals surface area (Å²) >= 11 is 0. The second-order valence-corrected chi connectivity index (χ2v) is 7.21. The van der Waals surface area contributed by atoms with Gasteiger partial charge >= 0.3 is 0 Å². The number of hydrogen-bond donors (Lipinski definition) is 1. The molecule has 1 aromatic rings. The molecule has 3 rings (SSSR count). The first-order chi connectivity index (χ1) is 8.94. The van der Waals surface area contributed by atoms with Crippen LogP contribution in [0, 0.1) is 5.82 Å².